The van der Waals surface area contributed by atoms with Gasteiger partial charge in [-0.25, -0.2) is 17.2 Å². The number of aldehydes is 1. The molecule has 1 aromatic heterocycles. The Kier molecular flexibility index (Phi) is 6.75. The first-order valence-electron chi connectivity index (χ1n) is 11.1. The minimum absolute atomic E-state index is 0.0374. The molecule has 0 aliphatic heterocycles. The molecular weight excluding hydrogens is 466 g/mol. The Morgan fingerprint density at radius 2 is 1.69 bits per heavy atom. The highest BCUT2D eigenvalue weighted by molar-refractivity contribution is 7.90. The molecule has 0 radical (unpaired) electrons. The van der Waals surface area contributed by atoms with E-state index in [0.717, 1.165) is 20.7 Å². The third-order valence-corrected chi connectivity index (χ3v) is 7.34. The second kappa shape index (κ2) is 9.76. The Balaban J connectivity index is 1.71. The van der Waals surface area contributed by atoms with Crippen LogP contribution in [0, 0.1) is 13.8 Å². The van der Waals surface area contributed by atoms with Crippen LogP contribution in [0.25, 0.3) is 22.0 Å². The average molecular weight is 492 g/mol. The number of nitrogens with zero attached hydrogens (tertiary/aromatic N) is 1. The van der Waals surface area contributed by atoms with Crippen molar-refractivity contribution in [3.63, 3.8) is 0 Å². The van der Waals surface area contributed by atoms with Gasteiger partial charge in [0.15, 0.2) is 12.9 Å². The van der Waals surface area contributed by atoms with Gasteiger partial charge in [-0.2, -0.15) is 0 Å². The van der Waals surface area contributed by atoms with Gasteiger partial charge in [0.2, 0.25) is 0 Å². The highest BCUT2D eigenvalue weighted by atomic mass is 32.2. The summed E-state index contributed by atoms with van der Waals surface area (Å²) in [4.78, 5) is 23.4. The van der Waals surface area contributed by atoms with Crippen molar-refractivity contribution in [3.8, 4) is 16.9 Å². The predicted molar refractivity (Wildman–Crippen MR) is 133 cm³/mol. The number of carbonyl (C=O) groups is 2. The third-order valence-electron chi connectivity index (χ3n) is 5.67. The number of aryl methyl sites for hydroxylation is 2. The van der Waals surface area contributed by atoms with Gasteiger partial charge in [0.25, 0.3) is 10.0 Å². The maximum absolute atomic E-state index is 13.5. The summed E-state index contributed by atoms with van der Waals surface area (Å²) < 4.78 is 38.5. The number of rotatable bonds is 8. The van der Waals surface area contributed by atoms with Crippen LogP contribution in [0.4, 0.5) is 0 Å². The van der Waals surface area contributed by atoms with E-state index in [1.165, 1.54) is 24.4 Å². The van der Waals surface area contributed by atoms with Crippen molar-refractivity contribution in [2.75, 3.05) is 13.2 Å². The maximum atomic E-state index is 13.5. The highest BCUT2D eigenvalue weighted by Gasteiger charge is 2.22. The molecule has 180 valence electrons. The lowest BCUT2D eigenvalue weighted by Crippen LogP contribution is -2.15. The number of esters is 1. The van der Waals surface area contributed by atoms with Gasteiger partial charge in [0, 0.05) is 17.1 Å². The Morgan fingerprint density at radius 3 is 2.34 bits per heavy atom. The van der Waals surface area contributed by atoms with Gasteiger partial charge in [0.1, 0.15) is 5.75 Å². The lowest BCUT2D eigenvalue weighted by atomic mass is 10.0. The second-order valence-electron chi connectivity index (χ2n) is 8.12. The summed E-state index contributed by atoms with van der Waals surface area (Å²) in [6, 6.07) is 17.7. The first-order valence-corrected chi connectivity index (χ1v) is 12.5. The minimum Gasteiger partial charge on any atom is -0.482 e. The summed E-state index contributed by atoms with van der Waals surface area (Å²) in [6.07, 6.45) is 2.00. The molecule has 8 heteroatoms. The molecule has 0 unspecified atom stereocenters. The number of fused-ring (bicyclic) bond motifs is 1. The van der Waals surface area contributed by atoms with Crippen LogP contribution in [-0.4, -0.2) is 37.9 Å². The van der Waals surface area contributed by atoms with Crippen molar-refractivity contribution in [2.45, 2.75) is 25.7 Å². The first kappa shape index (κ1) is 24.2. The van der Waals surface area contributed by atoms with Gasteiger partial charge in [0.05, 0.1) is 17.0 Å². The summed E-state index contributed by atoms with van der Waals surface area (Å²) in [5.74, 6) is -0.125. The van der Waals surface area contributed by atoms with E-state index in [0.29, 0.717) is 28.5 Å². The van der Waals surface area contributed by atoms with Crippen LogP contribution in [0.3, 0.4) is 0 Å². The maximum Gasteiger partial charge on any atom is 0.344 e. The molecule has 0 saturated carbocycles. The zero-order valence-electron chi connectivity index (χ0n) is 19.6. The highest BCUT2D eigenvalue weighted by Crippen LogP contribution is 2.31. The van der Waals surface area contributed by atoms with E-state index in [4.69, 9.17) is 9.47 Å². The zero-order chi connectivity index (χ0) is 25.2. The molecule has 0 aliphatic rings. The van der Waals surface area contributed by atoms with Crippen molar-refractivity contribution in [1.82, 2.24) is 3.97 Å². The summed E-state index contributed by atoms with van der Waals surface area (Å²) in [7, 11) is -4.01. The van der Waals surface area contributed by atoms with Crippen LogP contribution >= 0.6 is 0 Å². The van der Waals surface area contributed by atoms with Crippen LogP contribution in [0.5, 0.6) is 5.75 Å². The second-order valence-corrected chi connectivity index (χ2v) is 9.94. The van der Waals surface area contributed by atoms with E-state index in [-0.39, 0.29) is 23.7 Å². The molecule has 35 heavy (non-hydrogen) atoms. The molecule has 0 bridgehead atoms. The Morgan fingerprint density at radius 1 is 0.971 bits per heavy atom. The van der Waals surface area contributed by atoms with Crippen LogP contribution in [0.1, 0.15) is 28.4 Å². The molecular formula is C27H25NO6S. The van der Waals surface area contributed by atoms with Crippen molar-refractivity contribution in [1.29, 1.82) is 0 Å². The first-order chi connectivity index (χ1) is 16.7. The van der Waals surface area contributed by atoms with E-state index < -0.39 is 16.0 Å². The zero-order valence-corrected chi connectivity index (χ0v) is 20.5. The Hall–Kier alpha value is -3.91. The van der Waals surface area contributed by atoms with Crippen LogP contribution in [-0.2, 0) is 19.6 Å². The van der Waals surface area contributed by atoms with Crippen molar-refractivity contribution >= 4 is 33.2 Å². The molecule has 0 amide bonds. The number of benzene rings is 3. The molecule has 0 spiro atoms. The topological polar surface area (TPSA) is 91.7 Å². The van der Waals surface area contributed by atoms with Crippen molar-refractivity contribution < 1.29 is 27.5 Å². The molecule has 0 aliphatic carbocycles. The Labute approximate surface area is 204 Å². The molecule has 4 rings (SSSR count). The van der Waals surface area contributed by atoms with E-state index in [1.54, 1.807) is 19.9 Å². The fourth-order valence-electron chi connectivity index (χ4n) is 3.84. The lowest BCUT2D eigenvalue weighted by molar-refractivity contribution is -0.145. The van der Waals surface area contributed by atoms with Gasteiger partial charge in [-0.15, -0.1) is 0 Å². The van der Waals surface area contributed by atoms with Gasteiger partial charge in [-0.1, -0.05) is 35.9 Å². The van der Waals surface area contributed by atoms with E-state index >= 15 is 0 Å². The SMILES string of the molecule is CCOC(=O)COc1ccc(S(=O)(=O)n2cc(C=O)c3cc(-c4ccc(C)cc4)ccc32)cc1C. The molecule has 3 aromatic carbocycles. The average Bonchev–Trinajstić information content (AvgIpc) is 3.22. The summed E-state index contributed by atoms with van der Waals surface area (Å²) in [5.41, 5.74) is 4.22. The van der Waals surface area contributed by atoms with Crippen LogP contribution in [0.2, 0.25) is 0 Å². The van der Waals surface area contributed by atoms with Gasteiger partial charge >= 0.3 is 5.97 Å². The summed E-state index contributed by atoms with van der Waals surface area (Å²) in [6.45, 7) is 5.38. The smallest absolute Gasteiger partial charge is 0.344 e. The fraction of sp³-hybridized carbons (Fsp3) is 0.185. The number of aromatic nitrogens is 1. The van der Waals surface area contributed by atoms with Gasteiger partial charge in [-0.05, 0) is 67.8 Å². The van der Waals surface area contributed by atoms with E-state index in [1.807, 2.05) is 43.3 Å². The van der Waals surface area contributed by atoms with E-state index in [2.05, 4.69) is 0 Å². The monoisotopic (exact) mass is 491 g/mol. The minimum atomic E-state index is -4.01. The molecule has 0 saturated heterocycles. The molecule has 0 fully saturated rings. The fourth-order valence-corrected chi connectivity index (χ4v) is 5.30. The number of hydrogen-bond acceptors (Lipinski definition) is 6. The summed E-state index contributed by atoms with van der Waals surface area (Å²) in [5, 5.41) is 0.549. The van der Waals surface area contributed by atoms with Crippen molar-refractivity contribution in [2.24, 2.45) is 0 Å². The standard InChI is InChI=1S/C27H25NO6S/c1-4-33-27(30)17-34-26-12-10-23(13-19(26)3)35(31,32)28-15-22(16-29)24-14-21(9-11-25(24)28)20-7-5-18(2)6-8-20/h5-16H,4,17H2,1-3H3. The molecule has 7 nitrogen and oxygen atoms in total. The van der Waals surface area contributed by atoms with Crippen LogP contribution < -0.4 is 4.74 Å². The van der Waals surface area contributed by atoms with Crippen molar-refractivity contribution in [3.05, 3.63) is 83.6 Å². The quantitative estimate of drug-likeness (QED) is 0.257. The summed E-state index contributed by atoms with van der Waals surface area (Å²) >= 11 is 0. The van der Waals surface area contributed by atoms with Gasteiger partial charge < -0.3 is 9.47 Å². The Bertz CT molecular complexity index is 1520. The lowest BCUT2D eigenvalue weighted by Gasteiger charge is -2.12. The van der Waals surface area contributed by atoms with Gasteiger partial charge in [-0.3, -0.25) is 4.79 Å². The van der Waals surface area contributed by atoms with Crippen LogP contribution in [0.15, 0.2) is 71.8 Å². The number of hydrogen-bond donors (Lipinski definition) is 0. The third kappa shape index (κ3) is 4.83. The molecule has 1 heterocycles. The normalized spacial score (nSPS) is 11.4. The molecule has 4 aromatic rings. The molecule has 0 N–H and O–H groups in total. The van der Waals surface area contributed by atoms with E-state index in [9.17, 15) is 18.0 Å². The number of ether oxygens (including phenoxy) is 2. The molecule has 0 atom stereocenters. The number of carbonyl (C=O) groups excluding carboxylic acids is 2. The largest absolute Gasteiger partial charge is 0.482 e. The predicted octanol–water partition coefficient (Wildman–Crippen LogP) is 4.92.